The molecule has 0 saturated carbocycles. The maximum absolute atomic E-state index is 12.6. The molecule has 2 rings (SSSR count). The summed E-state index contributed by atoms with van der Waals surface area (Å²) in [5.41, 5.74) is 0.384. The Morgan fingerprint density at radius 2 is 2.00 bits per heavy atom. The number of amides is 1. The van der Waals surface area contributed by atoms with E-state index in [0.717, 1.165) is 19.5 Å². The topological polar surface area (TPSA) is 75.0 Å². The number of carbonyl (C=O) groups is 1. The van der Waals surface area contributed by atoms with Crippen molar-refractivity contribution in [2.24, 2.45) is 0 Å². The number of aliphatic hydroxyl groups excluding tert-OH is 1. The molecule has 0 aliphatic carbocycles. The molecule has 1 aliphatic heterocycles. The summed E-state index contributed by atoms with van der Waals surface area (Å²) in [7, 11) is 1.58. The van der Waals surface area contributed by atoms with Gasteiger partial charge in [0.15, 0.2) is 0 Å². The summed E-state index contributed by atoms with van der Waals surface area (Å²) in [6, 6.07) is 3.01. The molecular formula is C17H27N3O4. The van der Waals surface area contributed by atoms with Crippen molar-refractivity contribution in [1.82, 2.24) is 14.4 Å². The van der Waals surface area contributed by atoms with E-state index in [0.29, 0.717) is 38.3 Å². The van der Waals surface area contributed by atoms with Crippen molar-refractivity contribution in [2.75, 3.05) is 46.4 Å². The first-order chi connectivity index (χ1) is 11.5. The monoisotopic (exact) mass is 337 g/mol. The summed E-state index contributed by atoms with van der Waals surface area (Å²) in [4.78, 5) is 28.4. The summed E-state index contributed by atoms with van der Waals surface area (Å²) in [5.74, 6) is -0.0585. The number of β-amino-alcohol motifs (C(OH)–C–C–N with tert-alkyl or cyclic N) is 1. The minimum atomic E-state index is -0.309. The summed E-state index contributed by atoms with van der Waals surface area (Å²) in [6.07, 6.45) is 2.04. The standard InChI is InChI=1S/C17H27N3O4/c1-3-15(21)13-18-6-8-19(9-7-18)17(23)14-4-5-16(22)20(12-14)10-11-24-2/h4-5,12,15,21H,3,6-11,13H2,1-2H3. The summed E-state index contributed by atoms with van der Waals surface area (Å²) in [6.45, 7) is 6.25. The summed E-state index contributed by atoms with van der Waals surface area (Å²) < 4.78 is 6.49. The molecule has 1 aromatic rings. The van der Waals surface area contributed by atoms with Crippen LogP contribution in [0.15, 0.2) is 23.1 Å². The van der Waals surface area contributed by atoms with E-state index >= 15 is 0 Å². The van der Waals surface area contributed by atoms with Gasteiger partial charge in [-0.3, -0.25) is 14.5 Å². The maximum Gasteiger partial charge on any atom is 0.255 e. The number of aliphatic hydroxyl groups is 1. The Hall–Kier alpha value is -1.70. The van der Waals surface area contributed by atoms with E-state index in [1.165, 1.54) is 10.6 Å². The fourth-order valence-electron chi connectivity index (χ4n) is 2.77. The lowest BCUT2D eigenvalue weighted by Crippen LogP contribution is -2.50. The van der Waals surface area contributed by atoms with E-state index in [2.05, 4.69) is 4.90 Å². The third-order valence-corrected chi connectivity index (χ3v) is 4.37. The second-order valence-corrected chi connectivity index (χ2v) is 6.10. The van der Waals surface area contributed by atoms with Gasteiger partial charge in [-0.05, 0) is 12.5 Å². The second kappa shape index (κ2) is 8.96. The SMILES string of the molecule is CCC(O)CN1CCN(C(=O)c2ccc(=O)n(CCOC)c2)CC1. The summed E-state index contributed by atoms with van der Waals surface area (Å²) in [5, 5.41) is 9.73. The zero-order valence-corrected chi connectivity index (χ0v) is 14.5. The first-order valence-corrected chi connectivity index (χ1v) is 8.44. The Balaban J connectivity index is 1.96. The van der Waals surface area contributed by atoms with Crippen LogP contribution < -0.4 is 5.56 Å². The zero-order chi connectivity index (χ0) is 17.5. The number of carbonyl (C=O) groups excluding carboxylic acids is 1. The predicted molar refractivity (Wildman–Crippen MR) is 91.2 cm³/mol. The molecule has 0 spiro atoms. The third kappa shape index (κ3) is 4.90. The molecule has 7 heteroatoms. The van der Waals surface area contributed by atoms with Gasteiger partial charge in [-0.2, -0.15) is 0 Å². The molecule has 2 heterocycles. The van der Waals surface area contributed by atoms with Gasteiger partial charge in [0.05, 0.1) is 18.3 Å². The van der Waals surface area contributed by atoms with Crippen LogP contribution in [-0.2, 0) is 11.3 Å². The van der Waals surface area contributed by atoms with Crippen molar-refractivity contribution in [1.29, 1.82) is 0 Å². The van der Waals surface area contributed by atoms with Crippen LogP contribution in [0.2, 0.25) is 0 Å². The Kier molecular flexibility index (Phi) is 6.96. The minimum Gasteiger partial charge on any atom is -0.392 e. The molecule has 1 saturated heterocycles. The van der Waals surface area contributed by atoms with Gasteiger partial charge in [0.1, 0.15) is 0 Å². The van der Waals surface area contributed by atoms with E-state index in [9.17, 15) is 14.7 Å². The molecule has 1 fully saturated rings. The highest BCUT2D eigenvalue weighted by molar-refractivity contribution is 5.94. The lowest BCUT2D eigenvalue weighted by molar-refractivity contribution is 0.0523. The Morgan fingerprint density at radius 1 is 1.29 bits per heavy atom. The molecule has 0 aromatic carbocycles. The highest BCUT2D eigenvalue weighted by Gasteiger charge is 2.23. The first-order valence-electron chi connectivity index (χ1n) is 8.44. The molecule has 1 N–H and O–H groups in total. The minimum absolute atomic E-state index is 0.0585. The number of hydrogen-bond acceptors (Lipinski definition) is 5. The molecule has 0 bridgehead atoms. The number of aromatic nitrogens is 1. The molecular weight excluding hydrogens is 310 g/mol. The number of hydrogen-bond donors (Lipinski definition) is 1. The van der Waals surface area contributed by atoms with Gasteiger partial charge in [0.2, 0.25) is 0 Å². The van der Waals surface area contributed by atoms with Gasteiger partial charge in [-0.25, -0.2) is 0 Å². The van der Waals surface area contributed by atoms with Gasteiger partial charge < -0.3 is 19.3 Å². The van der Waals surface area contributed by atoms with Crippen molar-refractivity contribution in [3.63, 3.8) is 0 Å². The number of rotatable bonds is 7. The highest BCUT2D eigenvalue weighted by atomic mass is 16.5. The largest absolute Gasteiger partial charge is 0.392 e. The molecule has 1 aromatic heterocycles. The quantitative estimate of drug-likeness (QED) is 0.759. The van der Waals surface area contributed by atoms with Crippen molar-refractivity contribution in [2.45, 2.75) is 26.0 Å². The van der Waals surface area contributed by atoms with Crippen molar-refractivity contribution in [3.05, 3.63) is 34.2 Å². The van der Waals surface area contributed by atoms with Crippen LogP contribution in [0.3, 0.4) is 0 Å². The van der Waals surface area contributed by atoms with Gasteiger partial charge in [0, 0.05) is 58.6 Å². The van der Waals surface area contributed by atoms with Crippen LogP contribution in [0.4, 0.5) is 0 Å². The first kappa shape index (κ1) is 18.6. The summed E-state index contributed by atoms with van der Waals surface area (Å²) >= 11 is 0. The predicted octanol–water partition coefficient (Wildman–Crippen LogP) is 0.0234. The molecule has 1 amide bonds. The Labute approximate surface area is 142 Å². The molecule has 1 aliphatic rings. The zero-order valence-electron chi connectivity index (χ0n) is 14.5. The van der Waals surface area contributed by atoms with E-state index in [1.807, 2.05) is 6.92 Å². The number of pyridine rings is 1. The average Bonchev–Trinajstić information content (AvgIpc) is 2.61. The lowest BCUT2D eigenvalue weighted by atomic mass is 10.2. The smallest absolute Gasteiger partial charge is 0.255 e. The number of ether oxygens (including phenoxy) is 1. The van der Waals surface area contributed by atoms with Crippen LogP contribution in [0.5, 0.6) is 0 Å². The van der Waals surface area contributed by atoms with Crippen molar-refractivity contribution < 1.29 is 14.6 Å². The maximum atomic E-state index is 12.6. The van der Waals surface area contributed by atoms with Gasteiger partial charge in [-0.1, -0.05) is 6.92 Å². The van der Waals surface area contributed by atoms with Gasteiger partial charge in [-0.15, -0.1) is 0 Å². The molecule has 24 heavy (non-hydrogen) atoms. The van der Waals surface area contributed by atoms with Gasteiger partial charge >= 0.3 is 0 Å². The number of nitrogens with zero attached hydrogens (tertiary/aromatic N) is 3. The van der Waals surface area contributed by atoms with E-state index in [4.69, 9.17) is 4.74 Å². The van der Waals surface area contributed by atoms with E-state index in [1.54, 1.807) is 24.3 Å². The highest BCUT2D eigenvalue weighted by Crippen LogP contribution is 2.09. The molecule has 0 radical (unpaired) electrons. The number of piperazine rings is 1. The molecule has 134 valence electrons. The second-order valence-electron chi connectivity index (χ2n) is 6.10. The van der Waals surface area contributed by atoms with Crippen LogP contribution >= 0.6 is 0 Å². The average molecular weight is 337 g/mol. The lowest BCUT2D eigenvalue weighted by Gasteiger charge is -2.35. The van der Waals surface area contributed by atoms with Crippen molar-refractivity contribution in [3.8, 4) is 0 Å². The van der Waals surface area contributed by atoms with E-state index in [-0.39, 0.29) is 17.6 Å². The van der Waals surface area contributed by atoms with Crippen LogP contribution in [0.25, 0.3) is 0 Å². The van der Waals surface area contributed by atoms with E-state index < -0.39 is 0 Å². The molecule has 7 nitrogen and oxygen atoms in total. The Morgan fingerprint density at radius 3 is 2.62 bits per heavy atom. The van der Waals surface area contributed by atoms with Crippen molar-refractivity contribution >= 4 is 5.91 Å². The van der Waals surface area contributed by atoms with Crippen LogP contribution in [0, 0.1) is 0 Å². The normalized spacial score (nSPS) is 17.0. The Bertz CT molecular complexity index is 594. The van der Waals surface area contributed by atoms with Gasteiger partial charge in [0.25, 0.3) is 11.5 Å². The fraction of sp³-hybridized carbons (Fsp3) is 0.647. The third-order valence-electron chi connectivity index (χ3n) is 4.37. The molecule has 1 atom stereocenters. The fourth-order valence-corrected chi connectivity index (χ4v) is 2.77. The van der Waals surface area contributed by atoms with Crippen LogP contribution in [-0.4, -0.2) is 77.9 Å². The number of methoxy groups -OCH3 is 1. The van der Waals surface area contributed by atoms with Crippen LogP contribution in [0.1, 0.15) is 23.7 Å². The molecule has 1 unspecified atom stereocenters.